The standard InChI is InChI=1S/C23H22N2O5S/c1-4-18(14(3)26)30-19-8-6-5-7-15(19)12-20-21(27)25-23(31-20)24-17-11-13(2)9-10-16(17)22(28)29/h5-12,18H,4H2,1-3H3,(H,28,29)(H,24,25,27)/b20-12-. The lowest BCUT2D eigenvalue weighted by Crippen LogP contribution is -2.24. The summed E-state index contributed by atoms with van der Waals surface area (Å²) in [7, 11) is 0. The lowest BCUT2D eigenvalue weighted by molar-refractivity contribution is -0.123. The Morgan fingerprint density at radius 2 is 2.00 bits per heavy atom. The van der Waals surface area contributed by atoms with Crippen LogP contribution in [-0.4, -0.2) is 34.0 Å². The number of aliphatic imine (C=N–C) groups is 1. The van der Waals surface area contributed by atoms with Gasteiger partial charge in [0.25, 0.3) is 5.91 Å². The van der Waals surface area contributed by atoms with Crippen molar-refractivity contribution in [1.82, 2.24) is 5.32 Å². The number of carboxylic acid groups (broad SMARTS) is 1. The average Bonchev–Trinajstić information content (AvgIpc) is 3.05. The number of nitrogens with one attached hydrogen (secondary N) is 1. The average molecular weight is 439 g/mol. The Kier molecular flexibility index (Phi) is 6.91. The largest absolute Gasteiger partial charge is 0.482 e. The van der Waals surface area contributed by atoms with Crippen molar-refractivity contribution in [3.63, 3.8) is 0 Å². The molecule has 0 aliphatic carbocycles. The smallest absolute Gasteiger partial charge is 0.337 e. The quantitative estimate of drug-likeness (QED) is 0.624. The molecule has 2 aromatic rings. The van der Waals surface area contributed by atoms with Gasteiger partial charge in [0.1, 0.15) is 5.75 Å². The van der Waals surface area contributed by atoms with E-state index in [9.17, 15) is 19.5 Å². The number of ether oxygens (including phenoxy) is 1. The van der Waals surface area contributed by atoms with Gasteiger partial charge in [0.05, 0.1) is 16.2 Å². The number of amidine groups is 1. The number of Topliss-reactive ketones (excluding diaryl/α,β-unsaturated/α-hetero) is 1. The second-order valence-electron chi connectivity index (χ2n) is 6.97. The first-order valence-corrected chi connectivity index (χ1v) is 10.5. The molecular formula is C23H22N2O5S. The molecule has 1 saturated heterocycles. The van der Waals surface area contributed by atoms with Crippen LogP contribution in [0.15, 0.2) is 52.4 Å². The van der Waals surface area contributed by atoms with Crippen molar-refractivity contribution in [2.75, 3.05) is 0 Å². The summed E-state index contributed by atoms with van der Waals surface area (Å²) in [6, 6.07) is 12.0. The molecule has 1 aliphatic rings. The number of para-hydroxylation sites is 1. The van der Waals surface area contributed by atoms with E-state index < -0.39 is 12.1 Å². The van der Waals surface area contributed by atoms with Crippen molar-refractivity contribution in [2.24, 2.45) is 4.99 Å². The summed E-state index contributed by atoms with van der Waals surface area (Å²) >= 11 is 1.11. The number of benzene rings is 2. The fourth-order valence-corrected chi connectivity index (χ4v) is 3.79. The Hall–Kier alpha value is -3.39. The Balaban J connectivity index is 1.90. The van der Waals surface area contributed by atoms with Crippen LogP contribution in [0.25, 0.3) is 6.08 Å². The second kappa shape index (κ2) is 9.61. The molecule has 31 heavy (non-hydrogen) atoms. The van der Waals surface area contributed by atoms with E-state index in [2.05, 4.69) is 10.3 Å². The maximum absolute atomic E-state index is 12.5. The summed E-state index contributed by atoms with van der Waals surface area (Å²) < 4.78 is 5.85. The fourth-order valence-electron chi connectivity index (χ4n) is 2.96. The minimum Gasteiger partial charge on any atom is -0.482 e. The van der Waals surface area contributed by atoms with Crippen LogP contribution in [0.5, 0.6) is 5.75 Å². The van der Waals surface area contributed by atoms with Gasteiger partial charge in [-0.1, -0.05) is 31.2 Å². The summed E-state index contributed by atoms with van der Waals surface area (Å²) in [6.07, 6.45) is 1.64. The molecule has 3 rings (SSSR count). The van der Waals surface area contributed by atoms with Crippen LogP contribution < -0.4 is 10.1 Å². The predicted molar refractivity (Wildman–Crippen MR) is 121 cm³/mol. The van der Waals surface area contributed by atoms with Gasteiger partial charge in [-0.2, -0.15) is 0 Å². The molecule has 1 aliphatic heterocycles. The number of carboxylic acids is 1. The van der Waals surface area contributed by atoms with Gasteiger partial charge in [-0.15, -0.1) is 0 Å². The van der Waals surface area contributed by atoms with Gasteiger partial charge in [-0.25, -0.2) is 9.79 Å². The zero-order chi connectivity index (χ0) is 22.5. The van der Waals surface area contributed by atoms with Gasteiger partial charge in [0.15, 0.2) is 17.1 Å². The minimum absolute atomic E-state index is 0.0546. The van der Waals surface area contributed by atoms with Crippen molar-refractivity contribution in [2.45, 2.75) is 33.3 Å². The van der Waals surface area contributed by atoms with E-state index in [1.807, 2.05) is 19.9 Å². The third kappa shape index (κ3) is 5.40. The van der Waals surface area contributed by atoms with E-state index in [4.69, 9.17) is 4.74 Å². The molecule has 7 nitrogen and oxygen atoms in total. The molecule has 1 amide bonds. The minimum atomic E-state index is -1.09. The topological polar surface area (TPSA) is 105 Å². The van der Waals surface area contributed by atoms with Crippen molar-refractivity contribution in [3.8, 4) is 5.75 Å². The third-order valence-electron chi connectivity index (χ3n) is 4.56. The van der Waals surface area contributed by atoms with Gasteiger partial charge < -0.3 is 15.2 Å². The number of thioether (sulfide) groups is 1. The summed E-state index contributed by atoms with van der Waals surface area (Å²) in [5, 5.41) is 12.3. The molecule has 1 heterocycles. The zero-order valence-corrected chi connectivity index (χ0v) is 18.2. The Labute approximate surface area is 184 Å². The van der Waals surface area contributed by atoms with Gasteiger partial charge in [0, 0.05) is 5.56 Å². The molecule has 0 radical (unpaired) electrons. The summed E-state index contributed by atoms with van der Waals surface area (Å²) in [4.78, 5) is 40.4. The van der Waals surface area contributed by atoms with E-state index >= 15 is 0 Å². The number of carbonyl (C=O) groups is 3. The van der Waals surface area contributed by atoms with Crippen molar-refractivity contribution in [3.05, 3.63) is 64.1 Å². The Morgan fingerprint density at radius 3 is 2.68 bits per heavy atom. The summed E-state index contributed by atoms with van der Waals surface area (Å²) in [6.45, 7) is 5.18. The number of nitrogens with zero attached hydrogens (tertiary/aromatic N) is 1. The lowest BCUT2D eigenvalue weighted by Gasteiger charge is -2.16. The molecule has 1 unspecified atom stereocenters. The summed E-state index contributed by atoms with van der Waals surface area (Å²) in [5.41, 5.74) is 1.84. The predicted octanol–water partition coefficient (Wildman–Crippen LogP) is 4.33. The van der Waals surface area contributed by atoms with Crippen molar-refractivity contribution >= 4 is 46.4 Å². The maximum Gasteiger partial charge on any atom is 0.337 e. The zero-order valence-electron chi connectivity index (χ0n) is 17.3. The Bertz CT molecular complexity index is 1110. The molecule has 2 aromatic carbocycles. The second-order valence-corrected chi connectivity index (χ2v) is 8.00. The van der Waals surface area contributed by atoms with Crippen LogP contribution in [0, 0.1) is 6.92 Å². The number of amides is 1. The molecule has 1 fully saturated rings. The van der Waals surface area contributed by atoms with Crippen LogP contribution in [0.4, 0.5) is 5.69 Å². The number of ketones is 1. The van der Waals surface area contributed by atoms with Gasteiger partial charge in [-0.05, 0) is 61.9 Å². The van der Waals surface area contributed by atoms with Gasteiger partial charge in [-0.3, -0.25) is 9.59 Å². The summed E-state index contributed by atoms with van der Waals surface area (Å²) in [5.74, 6) is -1.00. The SMILES string of the molecule is CCC(Oc1ccccc1/C=C1\SC(=Nc2cc(C)ccc2C(=O)O)NC1=O)C(C)=O. The highest BCUT2D eigenvalue weighted by Gasteiger charge is 2.25. The van der Waals surface area contributed by atoms with Crippen LogP contribution in [0.3, 0.4) is 0 Å². The first-order valence-electron chi connectivity index (χ1n) is 9.68. The van der Waals surface area contributed by atoms with Crippen molar-refractivity contribution in [1.29, 1.82) is 0 Å². The third-order valence-corrected chi connectivity index (χ3v) is 5.47. The number of hydrogen-bond donors (Lipinski definition) is 2. The molecule has 2 N–H and O–H groups in total. The van der Waals surface area contributed by atoms with E-state index in [-0.39, 0.29) is 28.1 Å². The van der Waals surface area contributed by atoms with Crippen LogP contribution in [0.2, 0.25) is 0 Å². The lowest BCUT2D eigenvalue weighted by atomic mass is 10.1. The molecule has 0 saturated carbocycles. The molecule has 8 heteroatoms. The fraction of sp³-hybridized carbons (Fsp3) is 0.217. The number of aromatic carboxylic acids is 1. The number of carbonyl (C=O) groups excluding carboxylic acids is 2. The highest BCUT2D eigenvalue weighted by atomic mass is 32.2. The van der Waals surface area contributed by atoms with Crippen LogP contribution in [0.1, 0.15) is 41.8 Å². The highest BCUT2D eigenvalue weighted by Crippen LogP contribution is 2.32. The molecule has 1 atom stereocenters. The number of aryl methyl sites for hydroxylation is 1. The maximum atomic E-state index is 12.5. The van der Waals surface area contributed by atoms with E-state index in [1.54, 1.807) is 36.4 Å². The normalized spacial score (nSPS) is 16.9. The first-order chi connectivity index (χ1) is 14.8. The van der Waals surface area contributed by atoms with Crippen LogP contribution >= 0.6 is 11.8 Å². The van der Waals surface area contributed by atoms with Gasteiger partial charge in [0.2, 0.25) is 0 Å². The molecular weight excluding hydrogens is 416 g/mol. The number of rotatable bonds is 7. The number of hydrogen-bond acceptors (Lipinski definition) is 6. The van der Waals surface area contributed by atoms with E-state index in [1.165, 1.54) is 13.0 Å². The van der Waals surface area contributed by atoms with Crippen molar-refractivity contribution < 1.29 is 24.2 Å². The Morgan fingerprint density at radius 1 is 1.26 bits per heavy atom. The molecule has 0 spiro atoms. The molecule has 160 valence electrons. The van der Waals surface area contributed by atoms with Crippen LogP contribution in [-0.2, 0) is 9.59 Å². The molecule has 0 aromatic heterocycles. The van der Waals surface area contributed by atoms with Gasteiger partial charge >= 0.3 is 5.97 Å². The van der Waals surface area contributed by atoms with E-state index in [0.29, 0.717) is 22.6 Å². The first kappa shape index (κ1) is 22.3. The van der Waals surface area contributed by atoms with E-state index in [0.717, 1.165) is 17.3 Å². The highest BCUT2D eigenvalue weighted by molar-refractivity contribution is 8.18. The monoisotopic (exact) mass is 438 g/mol. The molecule has 0 bridgehead atoms.